The first kappa shape index (κ1) is 13.3. The number of benzene rings is 1. The molecule has 6 nitrogen and oxygen atoms in total. The van der Waals surface area contributed by atoms with Crippen molar-refractivity contribution < 1.29 is 22.7 Å². The molecule has 0 heterocycles. The summed E-state index contributed by atoms with van der Waals surface area (Å²) in [5.41, 5.74) is 0.192. The van der Waals surface area contributed by atoms with Gasteiger partial charge in [0.2, 0.25) is 16.3 Å². The van der Waals surface area contributed by atoms with Crippen molar-refractivity contribution >= 4 is 22.0 Å². The second-order valence-corrected chi connectivity index (χ2v) is 4.95. The number of methoxy groups -OCH3 is 2. The Kier molecular flexibility index (Phi) is 3.95. The van der Waals surface area contributed by atoms with E-state index in [1.807, 2.05) is 0 Å². The van der Waals surface area contributed by atoms with Gasteiger partial charge in [-0.25, -0.2) is 8.42 Å². The van der Waals surface area contributed by atoms with Gasteiger partial charge in [-0.05, 0) is 12.1 Å². The lowest BCUT2D eigenvalue weighted by Crippen LogP contribution is -2.11. The van der Waals surface area contributed by atoms with Gasteiger partial charge in [-0.15, -0.1) is 0 Å². The van der Waals surface area contributed by atoms with E-state index in [0.717, 1.165) is 6.26 Å². The number of nitrogens with one attached hydrogen (secondary N) is 1. The van der Waals surface area contributed by atoms with Crippen LogP contribution in [0.5, 0.6) is 11.5 Å². The van der Waals surface area contributed by atoms with Crippen LogP contribution in [0.1, 0.15) is 5.56 Å². The molecule has 0 atom stereocenters. The number of anilines is 1. The molecule has 0 aliphatic rings. The average Bonchev–Trinajstić information content (AvgIpc) is 2.26. The van der Waals surface area contributed by atoms with E-state index < -0.39 is 10.0 Å². The van der Waals surface area contributed by atoms with Gasteiger partial charge in [0.1, 0.15) is 11.3 Å². The van der Waals surface area contributed by atoms with Crippen molar-refractivity contribution in [3.05, 3.63) is 17.7 Å². The Balaban J connectivity index is 3.38. The molecule has 0 saturated heterocycles. The Morgan fingerprint density at radius 1 is 1.24 bits per heavy atom. The van der Waals surface area contributed by atoms with Crippen LogP contribution in [0.15, 0.2) is 12.1 Å². The summed E-state index contributed by atoms with van der Waals surface area (Å²) >= 11 is 0. The van der Waals surface area contributed by atoms with Gasteiger partial charge in [0.05, 0.1) is 26.2 Å². The summed E-state index contributed by atoms with van der Waals surface area (Å²) in [4.78, 5) is 10.8. The predicted octanol–water partition coefficient (Wildman–Crippen LogP) is 0.533. The Labute approximate surface area is 99.6 Å². The van der Waals surface area contributed by atoms with E-state index in [1.165, 1.54) is 26.4 Å². The van der Waals surface area contributed by atoms with Gasteiger partial charge in [-0.1, -0.05) is 0 Å². The molecular weight excluding hydrogens is 246 g/mol. The molecule has 17 heavy (non-hydrogen) atoms. The van der Waals surface area contributed by atoms with Crippen LogP contribution < -0.4 is 14.2 Å². The highest BCUT2D eigenvalue weighted by Crippen LogP contribution is 2.34. The Hall–Kier alpha value is -1.76. The molecule has 0 fully saturated rings. The van der Waals surface area contributed by atoms with Gasteiger partial charge >= 0.3 is 0 Å². The lowest BCUT2D eigenvalue weighted by atomic mass is 10.1. The van der Waals surface area contributed by atoms with Crippen LogP contribution >= 0.6 is 0 Å². The third-order valence-electron chi connectivity index (χ3n) is 1.94. The van der Waals surface area contributed by atoms with Gasteiger partial charge in [0, 0.05) is 0 Å². The highest BCUT2D eigenvalue weighted by Gasteiger charge is 2.17. The quantitative estimate of drug-likeness (QED) is 0.833. The minimum atomic E-state index is -3.45. The van der Waals surface area contributed by atoms with Gasteiger partial charge in [0.25, 0.3) is 0 Å². The summed E-state index contributed by atoms with van der Waals surface area (Å²) in [5, 5.41) is 0. The fourth-order valence-corrected chi connectivity index (χ4v) is 1.88. The third kappa shape index (κ3) is 3.10. The number of hydrogen-bond acceptors (Lipinski definition) is 5. The van der Waals surface area contributed by atoms with Crippen molar-refractivity contribution in [3.63, 3.8) is 0 Å². The molecule has 0 aliphatic heterocycles. The van der Waals surface area contributed by atoms with Crippen molar-refractivity contribution in [2.45, 2.75) is 0 Å². The van der Waals surface area contributed by atoms with E-state index in [1.54, 1.807) is 6.29 Å². The molecule has 0 saturated carbocycles. The molecule has 7 heteroatoms. The Bertz CT molecular complexity index is 524. The van der Waals surface area contributed by atoms with Gasteiger partial charge in [-0.3, -0.25) is 9.52 Å². The zero-order valence-electron chi connectivity index (χ0n) is 9.60. The first-order valence-electron chi connectivity index (χ1n) is 4.54. The van der Waals surface area contributed by atoms with E-state index in [2.05, 4.69) is 4.72 Å². The predicted molar refractivity (Wildman–Crippen MR) is 62.8 cm³/mol. The van der Waals surface area contributed by atoms with E-state index >= 15 is 0 Å². The SMILES string of the molecule is COc1ccc(NS(C)(=O)=O)c(OC)c1[C]=O. The molecular formula is C10H12NO5S. The van der Waals surface area contributed by atoms with Crippen LogP contribution in [0.2, 0.25) is 0 Å². The Morgan fingerprint density at radius 2 is 1.88 bits per heavy atom. The highest BCUT2D eigenvalue weighted by molar-refractivity contribution is 7.92. The van der Waals surface area contributed by atoms with E-state index in [4.69, 9.17) is 9.47 Å². The number of carbonyl (C=O) groups excluding carboxylic acids is 1. The summed E-state index contributed by atoms with van der Waals surface area (Å²) in [6.07, 6.45) is 2.66. The van der Waals surface area contributed by atoms with Crippen molar-refractivity contribution in [3.8, 4) is 11.5 Å². The van der Waals surface area contributed by atoms with E-state index in [0.29, 0.717) is 0 Å². The maximum absolute atomic E-state index is 11.1. The standard InChI is InChI=1S/C10H12NO5S/c1-15-9-5-4-8(11-17(3,13)14)10(16-2)7(9)6-12/h4-5,11H,1-3H3. The molecule has 93 valence electrons. The number of hydrogen-bond donors (Lipinski definition) is 1. The smallest absolute Gasteiger partial charge is 0.241 e. The lowest BCUT2D eigenvalue weighted by Gasteiger charge is -2.13. The van der Waals surface area contributed by atoms with Crippen molar-refractivity contribution in [2.24, 2.45) is 0 Å². The summed E-state index contributed by atoms with van der Waals surface area (Å²) in [5.74, 6) is 0.334. The van der Waals surface area contributed by atoms with E-state index in [9.17, 15) is 13.2 Å². The van der Waals surface area contributed by atoms with Crippen LogP contribution in [0.25, 0.3) is 0 Å². The molecule has 0 amide bonds. The molecule has 0 spiro atoms. The number of sulfonamides is 1. The minimum absolute atomic E-state index is 0.0312. The first-order chi connectivity index (χ1) is 7.92. The largest absolute Gasteiger partial charge is 0.496 e. The Morgan fingerprint density at radius 3 is 2.29 bits per heavy atom. The molecule has 1 rings (SSSR count). The van der Waals surface area contributed by atoms with Crippen LogP contribution in [0.3, 0.4) is 0 Å². The first-order valence-corrected chi connectivity index (χ1v) is 6.43. The molecule has 0 aromatic heterocycles. The van der Waals surface area contributed by atoms with Crippen molar-refractivity contribution in [1.82, 2.24) is 0 Å². The number of rotatable bonds is 5. The average molecular weight is 258 g/mol. The molecule has 1 aromatic rings. The normalized spacial score (nSPS) is 10.8. The summed E-state index contributed by atoms with van der Waals surface area (Å²) in [6.45, 7) is 0. The van der Waals surface area contributed by atoms with Crippen LogP contribution in [-0.4, -0.2) is 35.2 Å². The van der Waals surface area contributed by atoms with Crippen LogP contribution in [0, 0.1) is 0 Å². The monoisotopic (exact) mass is 258 g/mol. The second-order valence-electron chi connectivity index (χ2n) is 3.20. The molecule has 1 radical (unpaired) electrons. The highest BCUT2D eigenvalue weighted by atomic mass is 32.2. The van der Waals surface area contributed by atoms with Gasteiger partial charge in [0.15, 0.2) is 5.75 Å². The maximum Gasteiger partial charge on any atom is 0.241 e. The lowest BCUT2D eigenvalue weighted by molar-refractivity contribution is 0.393. The molecule has 0 bridgehead atoms. The molecule has 1 N–H and O–H groups in total. The van der Waals surface area contributed by atoms with Gasteiger partial charge in [-0.2, -0.15) is 0 Å². The zero-order valence-corrected chi connectivity index (χ0v) is 10.4. The fraction of sp³-hybridized carbons (Fsp3) is 0.300. The number of ether oxygens (including phenoxy) is 2. The maximum atomic E-state index is 11.1. The summed E-state index contributed by atoms with van der Waals surface area (Å²) in [6, 6.07) is 2.90. The summed E-state index contributed by atoms with van der Waals surface area (Å²) in [7, 11) is -0.744. The van der Waals surface area contributed by atoms with Gasteiger partial charge < -0.3 is 9.47 Å². The zero-order chi connectivity index (χ0) is 13.1. The third-order valence-corrected chi connectivity index (χ3v) is 2.53. The fourth-order valence-electron chi connectivity index (χ4n) is 1.32. The second kappa shape index (κ2) is 5.05. The van der Waals surface area contributed by atoms with Crippen LogP contribution in [-0.2, 0) is 14.8 Å². The molecule has 0 aliphatic carbocycles. The molecule has 0 unspecified atom stereocenters. The van der Waals surface area contributed by atoms with Crippen molar-refractivity contribution in [1.29, 1.82) is 0 Å². The van der Waals surface area contributed by atoms with Crippen LogP contribution in [0.4, 0.5) is 5.69 Å². The summed E-state index contributed by atoms with van der Waals surface area (Å²) < 4.78 is 34.4. The van der Waals surface area contributed by atoms with E-state index in [-0.39, 0.29) is 22.7 Å². The van der Waals surface area contributed by atoms with Crippen molar-refractivity contribution in [2.75, 3.05) is 25.2 Å². The topological polar surface area (TPSA) is 81.7 Å². The molecule has 1 aromatic carbocycles. The minimum Gasteiger partial charge on any atom is -0.496 e.